The van der Waals surface area contributed by atoms with Crippen molar-refractivity contribution < 1.29 is 37.2 Å². The fourth-order valence-electron chi connectivity index (χ4n) is 4.27. The van der Waals surface area contributed by atoms with Crippen molar-refractivity contribution in [3.63, 3.8) is 0 Å². The molecule has 0 amide bonds. The Bertz CT molecular complexity index is 1120. The highest BCUT2D eigenvalue weighted by Crippen LogP contribution is 2.55. The number of hydrogen-bond donors (Lipinski definition) is 1. The Morgan fingerprint density at radius 2 is 1.36 bits per heavy atom. The van der Waals surface area contributed by atoms with Crippen molar-refractivity contribution in [2.75, 3.05) is 35.0 Å². The lowest BCUT2D eigenvalue weighted by atomic mass is 10.0. The van der Waals surface area contributed by atoms with Crippen molar-refractivity contribution in [3.8, 4) is 28.7 Å². The number of aliphatic hydroxyl groups is 1. The number of hydrogen-bond acceptors (Lipinski definition) is 9. The van der Waals surface area contributed by atoms with Gasteiger partial charge >= 0.3 is 0 Å². The lowest BCUT2D eigenvalue weighted by Crippen LogP contribution is -2.21. The zero-order valence-electron chi connectivity index (χ0n) is 21.7. The number of benzene rings is 2. The Labute approximate surface area is 218 Å². The van der Waals surface area contributed by atoms with E-state index in [1.165, 1.54) is 7.11 Å². The zero-order valence-corrected chi connectivity index (χ0v) is 23.3. The summed E-state index contributed by atoms with van der Waals surface area (Å²) in [5.74, 6) is 2.23. The van der Waals surface area contributed by atoms with E-state index in [2.05, 4.69) is 0 Å². The molecule has 1 heterocycles. The molecule has 1 N–H and O–H groups in total. The average molecular weight is 541 g/mol. The van der Waals surface area contributed by atoms with E-state index in [9.17, 15) is 13.5 Å². The van der Waals surface area contributed by atoms with Gasteiger partial charge < -0.3 is 28.8 Å². The minimum atomic E-state index is -4.03. The van der Waals surface area contributed by atoms with Crippen molar-refractivity contribution >= 4 is 21.6 Å². The van der Waals surface area contributed by atoms with E-state index in [1.807, 2.05) is 25.1 Å². The summed E-state index contributed by atoms with van der Waals surface area (Å²) in [6.07, 6.45) is 2.49. The van der Waals surface area contributed by atoms with Crippen LogP contribution in [-0.2, 0) is 9.84 Å². The molecular weight excluding hydrogens is 504 g/mol. The molecule has 36 heavy (non-hydrogen) atoms. The van der Waals surface area contributed by atoms with E-state index in [1.54, 1.807) is 46.1 Å². The Balaban J connectivity index is 2.01. The fourth-order valence-corrected chi connectivity index (χ4v) is 7.25. The molecule has 3 unspecified atom stereocenters. The molecule has 200 valence electrons. The van der Waals surface area contributed by atoms with Gasteiger partial charge in [0.2, 0.25) is 15.6 Å². The molecule has 1 saturated heterocycles. The van der Waals surface area contributed by atoms with Crippen LogP contribution >= 0.6 is 11.8 Å². The van der Waals surface area contributed by atoms with Crippen LogP contribution in [0.3, 0.4) is 0 Å². The Morgan fingerprint density at radius 3 is 1.81 bits per heavy atom. The Morgan fingerprint density at radius 1 is 0.861 bits per heavy atom. The number of rotatable bonds is 12. The number of sulfone groups is 1. The molecule has 8 nitrogen and oxygen atoms in total. The monoisotopic (exact) mass is 540 g/mol. The van der Waals surface area contributed by atoms with Crippen molar-refractivity contribution in [2.45, 2.75) is 60.4 Å². The highest BCUT2D eigenvalue weighted by molar-refractivity contribution is 8.00. The molecule has 0 saturated carbocycles. The first-order valence-corrected chi connectivity index (χ1v) is 14.5. The number of thioether (sulfide) groups is 1. The van der Waals surface area contributed by atoms with E-state index >= 15 is 0 Å². The van der Waals surface area contributed by atoms with Crippen LogP contribution < -0.4 is 23.7 Å². The van der Waals surface area contributed by atoms with Gasteiger partial charge in [-0.25, -0.2) is 8.42 Å². The molecule has 10 heteroatoms. The number of methoxy groups -OCH3 is 4. The van der Waals surface area contributed by atoms with Crippen LogP contribution in [0.15, 0.2) is 29.2 Å². The van der Waals surface area contributed by atoms with Crippen LogP contribution in [0.1, 0.15) is 61.2 Å². The average Bonchev–Trinajstić information content (AvgIpc) is 3.40. The fraction of sp³-hybridized carbons (Fsp3) is 0.538. The molecule has 2 aromatic carbocycles. The van der Waals surface area contributed by atoms with E-state index in [-0.39, 0.29) is 27.6 Å². The quantitative estimate of drug-likeness (QED) is 0.383. The maximum atomic E-state index is 13.2. The maximum absolute atomic E-state index is 13.2. The molecule has 1 aliphatic heterocycles. The van der Waals surface area contributed by atoms with Crippen molar-refractivity contribution in [1.82, 2.24) is 0 Å². The second-order valence-corrected chi connectivity index (χ2v) is 11.9. The summed E-state index contributed by atoms with van der Waals surface area (Å²) >= 11 is 1.74. The van der Waals surface area contributed by atoms with Gasteiger partial charge in [0, 0.05) is 10.5 Å². The Hall–Kier alpha value is -2.30. The predicted molar refractivity (Wildman–Crippen MR) is 141 cm³/mol. The van der Waals surface area contributed by atoms with Crippen LogP contribution in [0.25, 0.3) is 0 Å². The molecule has 0 spiro atoms. The SMILES string of the molecule is CCCOc1c(OC)cc(C2CCC(c3cc(OC)c(OC)c(OC)c3)S2)cc1S(=O)(=O)C(O)CC. The van der Waals surface area contributed by atoms with Crippen LogP contribution in [0.5, 0.6) is 28.7 Å². The van der Waals surface area contributed by atoms with Crippen molar-refractivity contribution in [2.24, 2.45) is 0 Å². The predicted octanol–water partition coefficient (Wildman–Crippen LogP) is 5.32. The van der Waals surface area contributed by atoms with Gasteiger partial charge in [-0.3, -0.25) is 0 Å². The van der Waals surface area contributed by atoms with E-state index in [0.29, 0.717) is 36.0 Å². The third-order valence-corrected chi connectivity index (χ3v) is 9.82. The standard InChI is InChI=1S/C26H36O8S2/c1-7-11-34-26-20(32-5)14-17(15-23(26)36(28,29)24(27)8-2)22-10-9-21(35-22)16-12-18(30-3)25(33-6)19(13-16)31-4/h12-15,21-22,24,27H,7-11H2,1-6H3. The first-order chi connectivity index (χ1) is 17.2. The summed E-state index contributed by atoms with van der Waals surface area (Å²) in [5.41, 5.74) is 0.336. The lowest BCUT2D eigenvalue weighted by Gasteiger charge is -2.21. The summed E-state index contributed by atoms with van der Waals surface area (Å²) in [6.45, 7) is 3.90. The minimum absolute atomic E-state index is 0.0240. The van der Waals surface area contributed by atoms with Gasteiger partial charge in [-0.15, -0.1) is 11.8 Å². The summed E-state index contributed by atoms with van der Waals surface area (Å²) in [7, 11) is 2.21. The molecule has 1 fully saturated rings. The number of aliphatic hydroxyl groups excluding tert-OH is 1. The van der Waals surface area contributed by atoms with Gasteiger partial charge in [-0.05, 0) is 61.1 Å². The first kappa shape index (κ1) is 28.3. The highest BCUT2D eigenvalue weighted by Gasteiger charge is 2.34. The van der Waals surface area contributed by atoms with Crippen LogP contribution in [0, 0.1) is 0 Å². The topological polar surface area (TPSA) is 101 Å². The van der Waals surface area contributed by atoms with Gasteiger partial charge in [0.25, 0.3) is 0 Å². The van der Waals surface area contributed by atoms with Crippen LogP contribution in [0.4, 0.5) is 0 Å². The largest absolute Gasteiger partial charge is 0.493 e. The molecule has 0 radical (unpaired) electrons. The summed E-state index contributed by atoms with van der Waals surface area (Å²) in [5, 5.41) is 10.5. The van der Waals surface area contributed by atoms with Gasteiger partial charge in [-0.2, -0.15) is 0 Å². The normalized spacial score (nSPS) is 18.5. The third-order valence-electron chi connectivity index (χ3n) is 6.18. The van der Waals surface area contributed by atoms with Gasteiger partial charge in [-0.1, -0.05) is 13.8 Å². The third kappa shape index (κ3) is 5.65. The second kappa shape index (κ2) is 12.3. The van der Waals surface area contributed by atoms with Gasteiger partial charge in [0.1, 0.15) is 4.90 Å². The first-order valence-electron chi connectivity index (χ1n) is 12.0. The van der Waals surface area contributed by atoms with Crippen molar-refractivity contribution in [1.29, 1.82) is 0 Å². The Kier molecular flexibility index (Phi) is 9.66. The van der Waals surface area contributed by atoms with Crippen molar-refractivity contribution in [3.05, 3.63) is 35.4 Å². The summed E-state index contributed by atoms with van der Waals surface area (Å²) in [6, 6.07) is 7.39. The molecule has 1 aliphatic rings. The second-order valence-electron chi connectivity index (χ2n) is 8.46. The van der Waals surface area contributed by atoms with Gasteiger partial charge in [0.05, 0.1) is 35.0 Å². The smallest absolute Gasteiger partial charge is 0.208 e. The number of ether oxygens (including phenoxy) is 5. The highest BCUT2D eigenvalue weighted by atomic mass is 32.2. The minimum Gasteiger partial charge on any atom is -0.493 e. The molecular formula is C26H36O8S2. The molecule has 2 aromatic rings. The van der Waals surface area contributed by atoms with Gasteiger partial charge in [0.15, 0.2) is 28.4 Å². The van der Waals surface area contributed by atoms with E-state index in [0.717, 1.165) is 24.0 Å². The van der Waals surface area contributed by atoms with E-state index < -0.39 is 15.3 Å². The summed E-state index contributed by atoms with van der Waals surface area (Å²) in [4.78, 5) is -0.0310. The van der Waals surface area contributed by atoms with E-state index in [4.69, 9.17) is 23.7 Å². The zero-order chi connectivity index (χ0) is 26.5. The molecule has 3 atom stereocenters. The molecule has 3 rings (SSSR count). The van der Waals surface area contributed by atoms with Crippen LogP contribution in [-0.4, -0.2) is 54.0 Å². The summed E-state index contributed by atoms with van der Waals surface area (Å²) < 4.78 is 54.3. The molecule has 0 bridgehead atoms. The molecule has 0 aliphatic carbocycles. The van der Waals surface area contributed by atoms with Crippen LogP contribution in [0.2, 0.25) is 0 Å². The lowest BCUT2D eigenvalue weighted by molar-refractivity contribution is 0.242. The molecule has 0 aromatic heterocycles. The maximum Gasteiger partial charge on any atom is 0.208 e.